The molecule has 5 heteroatoms. The number of piperidine rings is 1. The number of carbonyl (C=O) groups is 1. The molecule has 0 aliphatic carbocycles. The predicted octanol–water partition coefficient (Wildman–Crippen LogP) is 1.52. The molecule has 1 aromatic heterocycles. The first-order valence-corrected chi connectivity index (χ1v) is 5.70. The third-order valence-corrected chi connectivity index (χ3v) is 3.02. The highest BCUT2D eigenvalue weighted by atomic mass is 19.1. The van der Waals surface area contributed by atoms with Gasteiger partial charge < -0.3 is 5.11 Å². The molecular formula is C12H15FN2O2. The topological polar surface area (TPSA) is 53.4 Å². The van der Waals surface area contributed by atoms with Crippen LogP contribution in [0.5, 0.6) is 0 Å². The van der Waals surface area contributed by atoms with Gasteiger partial charge in [0.25, 0.3) is 0 Å². The number of aliphatic carboxylic acids is 1. The van der Waals surface area contributed by atoms with Crippen LogP contribution in [-0.2, 0) is 11.3 Å². The molecule has 0 amide bonds. The van der Waals surface area contributed by atoms with Gasteiger partial charge in [0.2, 0.25) is 0 Å². The first kappa shape index (κ1) is 12.0. The summed E-state index contributed by atoms with van der Waals surface area (Å²) in [5.41, 5.74) is 0.788. The molecule has 1 atom stereocenters. The van der Waals surface area contributed by atoms with Crippen LogP contribution < -0.4 is 0 Å². The van der Waals surface area contributed by atoms with Gasteiger partial charge >= 0.3 is 5.97 Å². The molecule has 1 saturated heterocycles. The van der Waals surface area contributed by atoms with E-state index in [1.807, 2.05) is 4.90 Å². The molecule has 2 rings (SSSR count). The van der Waals surface area contributed by atoms with Crippen molar-refractivity contribution in [3.05, 3.63) is 29.8 Å². The number of hydrogen-bond acceptors (Lipinski definition) is 3. The Kier molecular flexibility index (Phi) is 3.68. The van der Waals surface area contributed by atoms with E-state index in [-0.39, 0.29) is 11.7 Å². The molecule has 0 spiro atoms. The van der Waals surface area contributed by atoms with Crippen LogP contribution in [0, 0.1) is 11.7 Å². The van der Waals surface area contributed by atoms with Crippen molar-refractivity contribution < 1.29 is 14.3 Å². The van der Waals surface area contributed by atoms with Gasteiger partial charge in [-0.15, -0.1) is 0 Å². The van der Waals surface area contributed by atoms with Crippen molar-refractivity contribution in [1.82, 2.24) is 9.88 Å². The summed E-state index contributed by atoms with van der Waals surface area (Å²) < 4.78 is 13.0. The molecule has 1 aliphatic rings. The van der Waals surface area contributed by atoms with Crippen molar-refractivity contribution in [2.75, 3.05) is 13.1 Å². The quantitative estimate of drug-likeness (QED) is 0.867. The molecule has 4 nitrogen and oxygen atoms in total. The van der Waals surface area contributed by atoms with Crippen LogP contribution >= 0.6 is 0 Å². The minimum absolute atomic E-state index is 0.301. The van der Waals surface area contributed by atoms with Crippen LogP contribution in [0.3, 0.4) is 0 Å². The van der Waals surface area contributed by atoms with Gasteiger partial charge in [0.15, 0.2) is 0 Å². The number of nitrogens with zero attached hydrogens (tertiary/aromatic N) is 2. The van der Waals surface area contributed by atoms with E-state index >= 15 is 0 Å². The lowest BCUT2D eigenvalue weighted by Gasteiger charge is -2.30. The number of halogens is 1. The second-order valence-electron chi connectivity index (χ2n) is 4.42. The summed E-state index contributed by atoms with van der Waals surface area (Å²) in [6.07, 6.45) is 4.39. The third-order valence-electron chi connectivity index (χ3n) is 3.02. The summed E-state index contributed by atoms with van der Waals surface area (Å²) in [5.74, 6) is -1.40. The maximum atomic E-state index is 13.0. The van der Waals surface area contributed by atoms with Crippen LogP contribution in [0.4, 0.5) is 4.39 Å². The van der Waals surface area contributed by atoms with Crippen LogP contribution in [0.15, 0.2) is 18.5 Å². The van der Waals surface area contributed by atoms with Gasteiger partial charge in [0.05, 0.1) is 12.1 Å². The Labute approximate surface area is 99.1 Å². The maximum Gasteiger partial charge on any atom is 0.307 e. The molecule has 92 valence electrons. The number of pyridine rings is 1. The van der Waals surface area contributed by atoms with Crippen molar-refractivity contribution in [1.29, 1.82) is 0 Å². The molecule has 17 heavy (non-hydrogen) atoms. The number of rotatable bonds is 3. The zero-order chi connectivity index (χ0) is 12.3. The lowest BCUT2D eigenvalue weighted by Crippen LogP contribution is -2.38. The van der Waals surface area contributed by atoms with E-state index in [0.29, 0.717) is 13.1 Å². The number of carboxylic acid groups (broad SMARTS) is 1. The first-order chi connectivity index (χ1) is 8.15. The summed E-state index contributed by atoms with van der Waals surface area (Å²) in [5, 5.41) is 8.97. The van der Waals surface area contributed by atoms with Crippen molar-refractivity contribution in [2.45, 2.75) is 19.4 Å². The maximum absolute atomic E-state index is 13.0. The summed E-state index contributed by atoms with van der Waals surface area (Å²) in [6, 6.07) is 1.44. The largest absolute Gasteiger partial charge is 0.481 e. The lowest BCUT2D eigenvalue weighted by atomic mass is 9.98. The molecule has 0 radical (unpaired) electrons. The van der Waals surface area contributed by atoms with Crippen LogP contribution in [0.2, 0.25) is 0 Å². The van der Waals surface area contributed by atoms with E-state index in [4.69, 9.17) is 5.11 Å². The van der Waals surface area contributed by atoms with Gasteiger partial charge in [-0.2, -0.15) is 0 Å². The van der Waals surface area contributed by atoms with E-state index in [1.54, 1.807) is 6.20 Å². The Balaban J connectivity index is 1.97. The molecule has 1 aliphatic heterocycles. The second kappa shape index (κ2) is 5.23. The molecule has 0 bridgehead atoms. The van der Waals surface area contributed by atoms with E-state index in [9.17, 15) is 9.18 Å². The van der Waals surface area contributed by atoms with E-state index in [2.05, 4.69) is 4.98 Å². The predicted molar refractivity (Wildman–Crippen MR) is 59.8 cm³/mol. The fraction of sp³-hybridized carbons (Fsp3) is 0.500. The van der Waals surface area contributed by atoms with Gasteiger partial charge in [-0.1, -0.05) is 0 Å². The number of carboxylic acids is 1. The average Bonchev–Trinajstić information content (AvgIpc) is 2.29. The molecule has 1 unspecified atom stereocenters. The van der Waals surface area contributed by atoms with Gasteiger partial charge in [0.1, 0.15) is 5.82 Å². The molecule has 0 saturated carbocycles. The number of likely N-dealkylation sites (tertiary alicyclic amines) is 1. The average molecular weight is 238 g/mol. The van der Waals surface area contributed by atoms with Crippen molar-refractivity contribution in [3.8, 4) is 0 Å². The van der Waals surface area contributed by atoms with E-state index < -0.39 is 5.97 Å². The van der Waals surface area contributed by atoms with E-state index in [1.165, 1.54) is 12.3 Å². The van der Waals surface area contributed by atoms with Gasteiger partial charge in [0, 0.05) is 19.3 Å². The van der Waals surface area contributed by atoms with Crippen molar-refractivity contribution in [3.63, 3.8) is 0 Å². The Morgan fingerprint density at radius 1 is 1.59 bits per heavy atom. The zero-order valence-electron chi connectivity index (χ0n) is 9.47. The third kappa shape index (κ3) is 3.23. The summed E-state index contributed by atoms with van der Waals surface area (Å²) >= 11 is 0. The molecule has 0 aromatic carbocycles. The minimum Gasteiger partial charge on any atom is -0.481 e. The smallest absolute Gasteiger partial charge is 0.307 e. The van der Waals surface area contributed by atoms with Crippen molar-refractivity contribution in [2.24, 2.45) is 5.92 Å². The number of aromatic nitrogens is 1. The first-order valence-electron chi connectivity index (χ1n) is 5.70. The fourth-order valence-corrected chi connectivity index (χ4v) is 2.20. The van der Waals surface area contributed by atoms with Crippen LogP contribution in [0.25, 0.3) is 0 Å². The van der Waals surface area contributed by atoms with E-state index in [0.717, 1.165) is 24.9 Å². The summed E-state index contributed by atoms with van der Waals surface area (Å²) in [7, 11) is 0. The normalized spacial score (nSPS) is 21.4. The Hall–Kier alpha value is -1.49. The Bertz CT molecular complexity index is 411. The second-order valence-corrected chi connectivity index (χ2v) is 4.42. The highest BCUT2D eigenvalue weighted by molar-refractivity contribution is 5.70. The Morgan fingerprint density at radius 3 is 3.12 bits per heavy atom. The SMILES string of the molecule is O=C(O)C1CCCN(Cc2cncc(F)c2)C1. The fourth-order valence-electron chi connectivity index (χ4n) is 2.20. The number of hydrogen-bond donors (Lipinski definition) is 1. The van der Waals surface area contributed by atoms with Crippen LogP contribution in [0.1, 0.15) is 18.4 Å². The summed E-state index contributed by atoms with van der Waals surface area (Å²) in [6.45, 7) is 1.96. The molecule has 1 aromatic rings. The lowest BCUT2D eigenvalue weighted by molar-refractivity contribution is -0.143. The molecule has 2 heterocycles. The summed E-state index contributed by atoms with van der Waals surface area (Å²) in [4.78, 5) is 16.7. The van der Waals surface area contributed by atoms with Crippen molar-refractivity contribution >= 4 is 5.97 Å². The van der Waals surface area contributed by atoms with Crippen LogP contribution in [-0.4, -0.2) is 34.0 Å². The molecular weight excluding hydrogens is 223 g/mol. The standard InChI is InChI=1S/C12H15FN2O2/c13-11-4-9(5-14-6-11)7-15-3-1-2-10(8-15)12(16)17/h4-6,10H,1-3,7-8H2,(H,16,17). The van der Waals surface area contributed by atoms with Gasteiger partial charge in [-0.05, 0) is 31.0 Å². The highest BCUT2D eigenvalue weighted by Crippen LogP contribution is 2.18. The highest BCUT2D eigenvalue weighted by Gasteiger charge is 2.25. The molecule has 1 fully saturated rings. The Morgan fingerprint density at radius 2 is 2.41 bits per heavy atom. The minimum atomic E-state index is -0.743. The van der Waals surface area contributed by atoms with Gasteiger partial charge in [-0.25, -0.2) is 4.39 Å². The van der Waals surface area contributed by atoms with Gasteiger partial charge in [-0.3, -0.25) is 14.7 Å². The molecule has 1 N–H and O–H groups in total. The monoisotopic (exact) mass is 238 g/mol. The zero-order valence-corrected chi connectivity index (χ0v) is 9.47.